The van der Waals surface area contributed by atoms with Crippen molar-refractivity contribution >= 4 is 23.7 Å². The number of unbranched alkanes of at least 4 members (excludes halogenated alkanes) is 1. The van der Waals surface area contributed by atoms with E-state index in [4.69, 9.17) is 4.98 Å². The average Bonchev–Trinajstić information content (AvgIpc) is 2.90. The van der Waals surface area contributed by atoms with Gasteiger partial charge in [0, 0.05) is 62.0 Å². The summed E-state index contributed by atoms with van der Waals surface area (Å²) in [7, 11) is 0. The molecule has 1 spiro atoms. The zero-order valence-corrected chi connectivity index (χ0v) is 23.9. The van der Waals surface area contributed by atoms with Crippen LogP contribution in [0.5, 0.6) is 0 Å². The van der Waals surface area contributed by atoms with Gasteiger partial charge in [-0.1, -0.05) is 36.9 Å². The van der Waals surface area contributed by atoms with Crippen molar-refractivity contribution in [1.29, 1.82) is 0 Å². The lowest BCUT2D eigenvalue weighted by Gasteiger charge is -2.62. The van der Waals surface area contributed by atoms with Crippen molar-refractivity contribution in [2.24, 2.45) is 5.41 Å². The van der Waals surface area contributed by atoms with Gasteiger partial charge in [0.25, 0.3) is 0 Å². The summed E-state index contributed by atoms with van der Waals surface area (Å²) >= 11 is 0. The van der Waals surface area contributed by atoms with Crippen LogP contribution in [0.3, 0.4) is 0 Å². The molecule has 2 atom stereocenters. The molecule has 9 heteroatoms. The van der Waals surface area contributed by atoms with Gasteiger partial charge in [0.15, 0.2) is 0 Å². The first kappa shape index (κ1) is 27.8. The normalized spacial score (nSPS) is 19.2. The summed E-state index contributed by atoms with van der Waals surface area (Å²) in [5, 5.41) is 6.30. The number of carbonyl (C=O) groups is 2. The number of hydrogen-bond acceptors (Lipinski definition) is 6. The Bertz CT molecular complexity index is 1260. The van der Waals surface area contributed by atoms with Gasteiger partial charge in [-0.15, -0.1) is 6.58 Å². The first-order valence-corrected chi connectivity index (χ1v) is 14.3. The van der Waals surface area contributed by atoms with Crippen LogP contribution in [0, 0.1) is 5.41 Å². The molecule has 4 heterocycles. The number of rotatable bonds is 11. The minimum Gasteiger partial charge on any atom is -0.348 e. The van der Waals surface area contributed by atoms with Crippen LogP contribution >= 0.6 is 0 Å². The molecular weight excluding hydrogens is 502 g/mol. The van der Waals surface area contributed by atoms with Crippen LogP contribution in [0.15, 0.2) is 55.8 Å². The third kappa shape index (κ3) is 5.47. The van der Waals surface area contributed by atoms with Gasteiger partial charge < -0.3 is 15.5 Å². The number of benzene rings is 1. The number of urea groups is 1. The monoisotopic (exact) mass is 543 g/mol. The van der Waals surface area contributed by atoms with Crippen LogP contribution in [0.2, 0.25) is 0 Å². The van der Waals surface area contributed by atoms with Gasteiger partial charge >= 0.3 is 6.03 Å². The number of hydrogen-bond donors (Lipinski definition) is 2. The van der Waals surface area contributed by atoms with Gasteiger partial charge in [0.1, 0.15) is 5.82 Å². The summed E-state index contributed by atoms with van der Waals surface area (Å²) in [6.07, 6.45) is 8.37. The van der Waals surface area contributed by atoms with E-state index in [0.717, 1.165) is 56.6 Å². The Kier molecular flexibility index (Phi) is 7.94. The Balaban J connectivity index is 1.25. The van der Waals surface area contributed by atoms with Crippen molar-refractivity contribution in [3.05, 3.63) is 72.5 Å². The van der Waals surface area contributed by atoms with E-state index in [1.807, 2.05) is 24.8 Å². The van der Waals surface area contributed by atoms with Gasteiger partial charge in [-0.2, -0.15) is 4.98 Å². The Labute approximate surface area is 237 Å². The third-order valence-corrected chi connectivity index (χ3v) is 8.34. The van der Waals surface area contributed by atoms with Crippen LogP contribution in [0.1, 0.15) is 68.8 Å². The maximum absolute atomic E-state index is 12.4. The molecule has 2 saturated heterocycles. The topological polar surface area (TPSA) is 93.7 Å². The number of likely N-dealkylation sites (tertiary alicyclic amines) is 2. The highest BCUT2D eigenvalue weighted by atomic mass is 16.2. The first-order valence-electron chi connectivity index (χ1n) is 14.3. The maximum Gasteiger partial charge on any atom is 0.323 e. The second-order valence-electron chi connectivity index (χ2n) is 11.7. The van der Waals surface area contributed by atoms with Gasteiger partial charge in [-0.3, -0.25) is 14.6 Å². The Morgan fingerprint density at radius 1 is 1.12 bits per heavy atom. The highest BCUT2D eigenvalue weighted by molar-refractivity contribution is 5.94. The van der Waals surface area contributed by atoms with Gasteiger partial charge in [-0.25, -0.2) is 9.78 Å². The van der Waals surface area contributed by atoms with Crippen molar-refractivity contribution in [1.82, 2.24) is 25.1 Å². The summed E-state index contributed by atoms with van der Waals surface area (Å²) in [4.78, 5) is 39.7. The second kappa shape index (κ2) is 11.4. The average molecular weight is 544 g/mol. The lowest BCUT2D eigenvalue weighted by Crippen LogP contribution is -2.72. The molecule has 1 aromatic carbocycles. The predicted octanol–water partition coefficient (Wildman–Crippen LogP) is 4.82. The molecule has 5 rings (SSSR count). The largest absolute Gasteiger partial charge is 0.348 e. The number of carbonyl (C=O) groups excluding carboxylic acids is 2. The molecule has 3 aliphatic heterocycles. The molecule has 2 fully saturated rings. The molecule has 2 aromatic rings. The number of allylic oxidation sites excluding steroid dienone is 1. The van der Waals surface area contributed by atoms with E-state index < -0.39 is 0 Å². The summed E-state index contributed by atoms with van der Waals surface area (Å²) < 4.78 is 0. The minimum atomic E-state index is -0.133. The first-order chi connectivity index (χ1) is 19.2. The standard InChI is InChI=1S/C31H41N7O2/c1-6-8-9-10-26(36-17-31(18-36)19-37(20-31)27(39)7-2)24-13-11-23(12-14-24)22(5)34-29-32-15-25-16-33-30(40)38(21(3)4)28(25)35-29/h6-7,11-15,21-22,26H,1-2,8-10,16-20H2,3-5H3,(H,33,40)(H,32,34,35)/t22-,26?/m0/s1. The fourth-order valence-corrected chi connectivity index (χ4v) is 6.22. The summed E-state index contributed by atoms with van der Waals surface area (Å²) in [6, 6.07) is 9.05. The molecule has 1 aromatic heterocycles. The molecule has 3 amide bonds. The zero-order chi connectivity index (χ0) is 28.4. The van der Waals surface area contributed by atoms with E-state index in [0.29, 0.717) is 24.4 Å². The van der Waals surface area contributed by atoms with Crippen LogP contribution in [0.4, 0.5) is 16.6 Å². The van der Waals surface area contributed by atoms with Crippen molar-refractivity contribution in [2.75, 3.05) is 36.4 Å². The number of nitrogens with zero attached hydrogens (tertiary/aromatic N) is 5. The van der Waals surface area contributed by atoms with Crippen LogP contribution in [-0.4, -0.2) is 63.9 Å². The Hall–Kier alpha value is -3.72. The number of fused-ring (bicyclic) bond motifs is 1. The molecule has 3 aliphatic rings. The van der Waals surface area contributed by atoms with Crippen molar-refractivity contribution in [3.63, 3.8) is 0 Å². The summed E-state index contributed by atoms with van der Waals surface area (Å²) in [5.74, 6) is 1.21. The van der Waals surface area contributed by atoms with E-state index in [-0.39, 0.29) is 29.4 Å². The zero-order valence-electron chi connectivity index (χ0n) is 23.9. The Morgan fingerprint density at radius 2 is 1.82 bits per heavy atom. The highest BCUT2D eigenvalue weighted by Gasteiger charge is 2.54. The van der Waals surface area contributed by atoms with E-state index >= 15 is 0 Å². The molecule has 0 radical (unpaired) electrons. The van der Waals surface area contributed by atoms with Crippen LogP contribution in [0.25, 0.3) is 0 Å². The molecule has 0 aliphatic carbocycles. The summed E-state index contributed by atoms with van der Waals surface area (Å²) in [6.45, 7) is 17.7. The predicted molar refractivity (Wildman–Crippen MR) is 158 cm³/mol. The van der Waals surface area contributed by atoms with Crippen LogP contribution in [-0.2, 0) is 11.3 Å². The van der Waals surface area contributed by atoms with E-state index in [2.05, 4.69) is 64.9 Å². The van der Waals surface area contributed by atoms with E-state index in [1.54, 1.807) is 11.1 Å². The SMILES string of the molecule is C=CCCCC(c1ccc([C@H](C)Nc2ncc3c(n2)N(C(C)C)C(=O)NC3)cc1)N1CC2(CN(C(=O)C=C)C2)C1. The second-order valence-corrected chi connectivity index (χ2v) is 11.7. The van der Waals surface area contributed by atoms with Crippen molar-refractivity contribution < 1.29 is 9.59 Å². The number of amides is 3. The molecule has 0 saturated carbocycles. The lowest BCUT2D eigenvalue weighted by atomic mass is 9.71. The summed E-state index contributed by atoms with van der Waals surface area (Å²) in [5.41, 5.74) is 3.62. The molecule has 9 nitrogen and oxygen atoms in total. The molecule has 2 N–H and O–H groups in total. The molecular formula is C31H41N7O2. The van der Waals surface area contributed by atoms with Gasteiger partial charge in [0.2, 0.25) is 11.9 Å². The fourth-order valence-electron chi connectivity index (χ4n) is 6.22. The molecule has 212 valence electrons. The third-order valence-electron chi connectivity index (χ3n) is 8.34. The van der Waals surface area contributed by atoms with Gasteiger partial charge in [-0.05, 0) is 57.2 Å². The molecule has 0 bridgehead atoms. The van der Waals surface area contributed by atoms with Crippen molar-refractivity contribution in [2.45, 2.75) is 64.7 Å². The van der Waals surface area contributed by atoms with Crippen molar-refractivity contribution in [3.8, 4) is 0 Å². The number of anilines is 2. The molecule has 1 unspecified atom stereocenters. The maximum atomic E-state index is 12.4. The van der Waals surface area contributed by atoms with Crippen LogP contribution < -0.4 is 15.5 Å². The quantitative estimate of drug-likeness (QED) is 0.240. The number of nitrogens with one attached hydrogen (secondary N) is 2. The van der Waals surface area contributed by atoms with Gasteiger partial charge in [0.05, 0.1) is 6.04 Å². The molecule has 40 heavy (non-hydrogen) atoms. The number of aromatic nitrogens is 2. The fraction of sp³-hybridized carbons (Fsp3) is 0.484. The van der Waals surface area contributed by atoms with E-state index in [9.17, 15) is 9.59 Å². The smallest absolute Gasteiger partial charge is 0.323 e. The highest BCUT2D eigenvalue weighted by Crippen LogP contribution is 2.45. The lowest BCUT2D eigenvalue weighted by molar-refractivity contribution is -0.159. The Morgan fingerprint density at radius 3 is 2.48 bits per heavy atom. The minimum absolute atomic E-state index is 0.00753. The van der Waals surface area contributed by atoms with E-state index in [1.165, 1.54) is 11.6 Å².